The fraction of sp³-hybridized carbons (Fsp3) is 0.0952. The van der Waals surface area contributed by atoms with E-state index in [9.17, 15) is 9.59 Å². The predicted octanol–water partition coefficient (Wildman–Crippen LogP) is 3.86. The number of rotatable bonds is 5. The molecule has 7 heteroatoms. The zero-order valence-electron chi connectivity index (χ0n) is 15.4. The van der Waals surface area contributed by atoms with Gasteiger partial charge in [0, 0.05) is 31.6 Å². The van der Waals surface area contributed by atoms with Crippen molar-refractivity contribution >= 4 is 40.6 Å². The van der Waals surface area contributed by atoms with Crippen LogP contribution in [0.4, 0.5) is 0 Å². The lowest BCUT2D eigenvalue weighted by Gasteiger charge is -2.11. The number of hydrogen-bond acceptors (Lipinski definition) is 3. The Balaban J connectivity index is 1.70. The molecule has 0 aliphatic carbocycles. The number of aryl methyl sites for hydroxylation is 1. The predicted molar refractivity (Wildman–Crippen MR) is 118 cm³/mol. The van der Waals surface area contributed by atoms with Crippen molar-refractivity contribution in [2.24, 2.45) is 5.10 Å². The fourth-order valence-corrected chi connectivity index (χ4v) is 3.24. The maximum absolute atomic E-state index is 12.4. The minimum absolute atomic E-state index is 0.196. The molecule has 0 bridgehead atoms. The van der Waals surface area contributed by atoms with E-state index in [-0.39, 0.29) is 11.8 Å². The molecule has 1 aromatic heterocycles. The Bertz CT molecular complexity index is 1040. The lowest BCUT2D eigenvalue weighted by atomic mass is 10.2. The van der Waals surface area contributed by atoms with E-state index in [2.05, 4.69) is 38.5 Å². The summed E-state index contributed by atoms with van der Waals surface area (Å²) in [5.74, 6) is -0.473. The first-order valence-corrected chi connectivity index (χ1v) is 9.68. The molecule has 0 fully saturated rings. The molecule has 3 aromatic rings. The maximum Gasteiger partial charge on any atom is 0.271 e. The molecule has 2 amide bonds. The van der Waals surface area contributed by atoms with Crippen LogP contribution in [0.15, 0.2) is 65.8 Å². The van der Waals surface area contributed by atoms with Gasteiger partial charge in [-0.25, -0.2) is 5.43 Å². The molecule has 0 unspecified atom stereocenters. The molecule has 0 atom stereocenters. The Morgan fingerprint density at radius 2 is 1.68 bits per heavy atom. The van der Waals surface area contributed by atoms with E-state index in [1.807, 2.05) is 50.2 Å². The lowest BCUT2D eigenvalue weighted by Crippen LogP contribution is -2.24. The van der Waals surface area contributed by atoms with Crippen molar-refractivity contribution in [1.82, 2.24) is 10.1 Å². The number of halogens is 1. The molecule has 0 aliphatic rings. The second-order valence-corrected chi connectivity index (χ2v) is 7.42. The highest BCUT2D eigenvalue weighted by Crippen LogP contribution is 2.12. The third-order valence-electron chi connectivity index (χ3n) is 4.18. The van der Waals surface area contributed by atoms with Gasteiger partial charge in [0.15, 0.2) is 0 Å². The van der Waals surface area contributed by atoms with Gasteiger partial charge in [-0.3, -0.25) is 19.7 Å². The van der Waals surface area contributed by atoms with Gasteiger partial charge in [0.2, 0.25) is 0 Å². The molecule has 6 nitrogen and oxygen atoms in total. The SMILES string of the molecule is Cc1cc(/C=N\NC(=O)c2cccc(I)c2)c(C)n1NC(=O)c1ccccc1. The molecule has 0 radical (unpaired) electrons. The number of hydrazone groups is 1. The minimum Gasteiger partial charge on any atom is -0.267 e. The van der Waals surface area contributed by atoms with Gasteiger partial charge in [0.1, 0.15) is 0 Å². The maximum atomic E-state index is 12.4. The Labute approximate surface area is 176 Å². The minimum atomic E-state index is -0.277. The summed E-state index contributed by atoms with van der Waals surface area (Å²) < 4.78 is 2.69. The number of carbonyl (C=O) groups is 2. The third-order valence-corrected chi connectivity index (χ3v) is 4.85. The molecular weight excluding hydrogens is 467 g/mol. The molecule has 1 heterocycles. The molecule has 2 N–H and O–H groups in total. The number of nitrogens with zero attached hydrogens (tertiary/aromatic N) is 2. The Morgan fingerprint density at radius 1 is 0.964 bits per heavy atom. The average molecular weight is 486 g/mol. The number of carbonyl (C=O) groups excluding carboxylic acids is 2. The van der Waals surface area contributed by atoms with Crippen LogP contribution in [0.25, 0.3) is 0 Å². The number of nitrogens with one attached hydrogen (secondary N) is 2. The quantitative estimate of drug-likeness (QED) is 0.327. The van der Waals surface area contributed by atoms with Crippen LogP contribution in [0.5, 0.6) is 0 Å². The van der Waals surface area contributed by atoms with Crippen LogP contribution in [0.1, 0.15) is 37.7 Å². The molecule has 0 aliphatic heterocycles. The van der Waals surface area contributed by atoms with Gasteiger partial charge >= 0.3 is 0 Å². The molecule has 0 spiro atoms. The van der Waals surface area contributed by atoms with Crippen LogP contribution in [-0.2, 0) is 0 Å². The van der Waals surface area contributed by atoms with Gasteiger partial charge in [0.25, 0.3) is 11.8 Å². The number of aromatic nitrogens is 1. The second kappa shape index (κ2) is 8.83. The first kappa shape index (κ1) is 19.8. The first-order valence-electron chi connectivity index (χ1n) is 8.60. The molecule has 3 rings (SSSR count). The molecule has 2 aromatic carbocycles. The van der Waals surface area contributed by atoms with Crippen molar-refractivity contribution in [2.75, 3.05) is 5.43 Å². The summed E-state index contributed by atoms with van der Waals surface area (Å²) in [6.07, 6.45) is 1.57. The van der Waals surface area contributed by atoms with Crippen molar-refractivity contribution in [1.29, 1.82) is 0 Å². The largest absolute Gasteiger partial charge is 0.271 e. The van der Waals surface area contributed by atoms with Crippen LogP contribution >= 0.6 is 22.6 Å². The summed E-state index contributed by atoms with van der Waals surface area (Å²) in [7, 11) is 0. The summed E-state index contributed by atoms with van der Waals surface area (Å²) >= 11 is 2.15. The Hall–Kier alpha value is -2.94. The highest BCUT2D eigenvalue weighted by molar-refractivity contribution is 14.1. The number of benzene rings is 2. The zero-order valence-corrected chi connectivity index (χ0v) is 17.6. The van der Waals surface area contributed by atoms with Crippen molar-refractivity contribution < 1.29 is 9.59 Å². The third kappa shape index (κ3) is 4.66. The van der Waals surface area contributed by atoms with Crippen molar-refractivity contribution in [3.8, 4) is 0 Å². The normalized spacial score (nSPS) is 10.8. The van der Waals surface area contributed by atoms with Gasteiger partial charge < -0.3 is 0 Å². The van der Waals surface area contributed by atoms with Crippen LogP contribution in [0.3, 0.4) is 0 Å². The smallest absolute Gasteiger partial charge is 0.267 e. The van der Waals surface area contributed by atoms with E-state index < -0.39 is 0 Å². The van der Waals surface area contributed by atoms with E-state index >= 15 is 0 Å². The standard InChI is InChI=1S/C21H19IN4O2/c1-14-11-18(13-23-24-20(27)17-9-6-10-19(22)12-17)15(2)26(14)25-21(28)16-7-4-3-5-8-16/h3-13H,1-2H3,(H,24,27)(H,25,28)/b23-13-. The van der Waals surface area contributed by atoms with Crippen molar-refractivity contribution in [3.63, 3.8) is 0 Å². The summed E-state index contributed by atoms with van der Waals surface area (Å²) in [5.41, 5.74) is 8.99. The highest BCUT2D eigenvalue weighted by atomic mass is 127. The number of amides is 2. The molecular formula is C21H19IN4O2. The molecule has 142 valence electrons. The fourth-order valence-electron chi connectivity index (χ4n) is 2.70. The topological polar surface area (TPSA) is 75.5 Å². The first-order chi connectivity index (χ1) is 13.5. The monoisotopic (exact) mass is 486 g/mol. The summed E-state index contributed by atoms with van der Waals surface area (Å²) in [5, 5.41) is 4.05. The van der Waals surface area contributed by atoms with Crippen LogP contribution in [-0.4, -0.2) is 22.7 Å². The van der Waals surface area contributed by atoms with E-state index in [0.29, 0.717) is 11.1 Å². The van der Waals surface area contributed by atoms with Crippen molar-refractivity contribution in [3.05, 3.63) is 92.3 Å². The van der Waals surface area contributed by atoms with Gasteiger partial charge in [-0.1, -0.05) is 24.3 Å². The van der Waals surface area contributed by atoms with Crippen LogP contribution in [0.2, 0.25) is 0 Å². The van der Waals surface area contributed by atoms with Crippen LogP contribution in [0, 0.1) is 17.4 Å². The van der Waals surface area contributed by atoms with Crippen LogP contribution < -0.4 is 10.9 Å². The average Bonchev–Trinajstić information content (AvgIpc) is 2.96. The van der Waals surface area contributed by atoms with E-state index in [4.69, 9.17) is 0 Å². The van der Waals surface area contributed by atoms with Gasteiger partial charge in [-0.05, 0) is 72.8 Å². The highest BCUT2D eigenvalue weighted by Gasteiger charge is 2.12. The molecule has 0 saturated carbocycles. The molecule has 0 saturated heterocycles. The summed E-state index contributed by atoms with van der Waals surface area (Å²) in [6.45, 7) is 3.76. The van der Waals surface area contributed by atoms with Crippen molar-refractivity contribution in [2.45, 2.75) is 13.8 Å². The summed E-state index contributed by atoms with van der Waals surface area (Å²) in [4.78, 5) is 24.5. The second-order valence-electron chi connectivity index (χ2n) is 6.18. The Morgan fingerprint density at radius 3 is 2.39 bits per heavy atom. The van der Waals surface area contributed by atoms with E-state index in [1.54, 1.807) is 35.2 Å². The number of hydrogen-bond donors (Lipinski definition) is 2. The van der Waals surface area contributed by atoms with E-state index in [1.165, 1.54) is 0 Å². The van der Waals surface area contributed by atoms with E-state index in [0.717, 1.165) is 20.5 Å². The van der Waals surface area contributed by atoms with Gasteiger partial charge in [-0.15, -0.1) is 0 Å². The molecule has 28 heavy (non-hydrogen) atoms. The zero-order chi connectivity index (χ0) is 20.1. The van der Waals surface area contributed by atoms with Gasteiger partial charge in [-0.2, -0.15) is 5.10 Å². The lowest BCUT2D eigenvalue weighted by molar-refractivity contribution is 0.0954. The van der Waals surface area contributed by atoms with Gasteiger partial charge in [0.05, 0.1) is 6.21 Å². The Kier molecular flexibility index (Phi) is 6.25. The summed E-state index contributed by atoms with van der Waals surface area (Å²) in [6, 6.07) is 18.2.